The summed E-state index contributed by atoms with van der Waals surface area (Å²) in [6.07, 6.45) is 2.04. The predicted octanol–water partition coefficient (Wildman–Crippen LogP) is 4.23. The molecule has 0 saturated heterocycles. The number of aryl methyl sites for hydroxylation is 2. The van der Waals surface area contributed by atoms with E-state index in [0.29, 0.717) is 11.6 Å². The minimum atomic E-state index is 0.667. The van der Waals surface area contributed by atoms with E-state index in [1.165, 1.54) is 0 Å². The van der Waals surface area contributed by atoms with Crippen molar-refractivity contribution in [3.8, 4) is 5.75 Å². The fourth-order valence-corrected chi connectivity index (χ4v) is 2.71. The average Bonchev–Trinajstić information content (AvgIpc) is 2.89. The molecule has 0 aliphatic carbocycles. The summed E-state index contributed by atoms with van der Waals surface area (Å²) in [6.45, 7) is 4.74. The fourth-order valence-electron chi connectivity index (χ4n) is 2.55. The van der Waals surface area contributed by atoms with Crippen LogP contribution in [0.3, 0.4) is 0 Å². The van der Waals surface area contributed by atoms with E-state index < -0.39 is 0 Å². The normalized spacial score (nSPS) is 10.9. The Kier molecular flexibility index (Phi) is 3.94. The van der Waals surface area contributed by atoms with E-state index in [2.05, 4.69) is 27.7 Å². The van der Waals surface area contributed by atoms with Gasteiger partial charge in [-0.1, -0.05) is 17.7 Å². The zero-order valence-corrected chi connectivity index (χ0v) is 13.6. The lowest BCUT2D eigenvalue weighted by molar-refractivity contribution is 0.410. The fraction of sp³-hybridized carbons (Fsp3) is 0.235. The number of hydrogen-bond donors (Lipinski definition) is 1. The first-order valence-corrected chi connectivity index (χ1v) is 7.48. The van der Waals surface area contributed by atoms with Crippen LogP contribution in [0.25, 0.3) is 5.65 Å². The van der Waals surface area contributed by atoms with Gasteiger partial charge in [-0.05, 0) is 38.1 Å². The van der Waals surface area contributed by atoms with E-state index >= 15 is 0 Å². The molecule has 4 nitrogen and oxygen atoms in total. The number of rotatable bonds is 4. The zero-order chi connectivity index (χ0) is 15.7. The van der Waals surface area contributed by atoms with Gasteiger partial charge in [-0.25, -0.2) is 4.98 Å². The van der Waals surface area contributed by atoms with Gasteiger partial charge in [0.1, 0.15) is 11.4 Å². The first kappa shape index (κ1) is 14.7. The summed E-state index contributed by atoms with van der Waals surface area (Å²) in [5.41, 5.74) is 5.24. The Labute approximate surface area is 134 Å². The van der Waals surface area contributed by atoms with Crippen molar-refractivity contribution in [2.45, 2.75) is 20.4 Å². The molecule has 0 unspecified atom stereocenters. The summed E-state index contributed by atoms with van der Waals surface area (Å²) in [6, 6.07) is 9.74. The van der Waals surface area contributed by atoms with Crippen LogP contribution in [0.15, 0.2) is 36.5 Å². The highest BCUT2D eigenvalue weighted by Gasteiger charge is 2.07. The second-order valence-electron chi connectivity index (χ2n) is 5.25. The van der Waals surface area contributed by atoms with Gasteiger partial charge in [-0.15, -0.1) is 0 Å². The number of nitrogens with one attached hydrogen (secondary N) is 1. The number of methoxy groups -OCH3 is 1. The summed E-state index contributed by atoms with van der Waals surface area (Å²) >= 11 is 5.99. The van der Waals surface area contributed by atoms with E-state index in [0.717, 1.165) is 34.0 Å². The lowest BCUT2D eigenvalue weighted by Crippen LogP contribution is -2.05. The number of pyridine rings is 1. The molecule has 22 heavy (non-hydrogen) atoms. The zero-order valence-electron chi connectivity index (χ0n) is 12.9. The summed E-state index contributed by atoms with van der Waals surface area (Å²) in [5, 5.41) is 4.13. The molecule has 0 fully saturated rings. The van der Waals surface area contributed by atoms with Gasteiger partial charge in [0.2, 0.25) is 0 Å². The van der Waals surface area contributed by atoms with Crippen molar-refractivity contribution in [1.29, 1.82) is 0 Å². The summed E-state index contributed by atoms with van der Waals surface area (Å²) < 4.78 is 7.47. The molecule has 114 valence electrons. The Balaban J connectivity index is 1.86. The van der Waals surface area contributed by atoms with Crippen LogP contribution in [-0.2, 0) is 6.54 Å². The summed E-state index contributed by atoms with van der Waals surface area (Å²) in [5.74, 6) is 0.789. The Morgan fingerprint density at radius 2 is 2.05 bits per heavy atom. The lowest BCUT2D eigenvalue weighted by atomic mass is 10.2. The van der Waals surface area contributed by atoms with Crippen molar-refractivity contribution in [2.75, 3.05) is 12.4 Å². The maximum absolute atomic E-state index is 5.99. The van der Waals surface area contributed by atoms with Crippen LogP contribution in [0.2, 0.25) is 5.02 Å². The average molecular weight is 316 g/mol. The number of benzene rings is 1. The van der Waals surface area contributed by atoms with E-state index in [9.17, 15) is 0 Å². The maximum atomic E-state index is 5.99. The number of nitrogens with zero attached hydrogens (tertiary/aromatic N) is 2. The van der Waals surface area contributed by atoms with Gasteiger partial charge in [0, 0.05) is 29.0 Å². The monoisotopic (exact) mass is 315 g/mol. The van der Waals surface area contributed by atoms with Crippen molar-refractivity contribution in [2.24, 2.45) is 0 Å². The highest BCUT2D eigenvalue weighted by Crippen LogP contribution is 2.25. The van der Waals surface area contributed by atoms with E-state index in [1.54, 1.807) is 7.11 Å². The van der Waals surface area contributed by atoms with Crippen molar-refractivity contribution < 1.29 is 4.74 Å². The van der Waals surface area contributed by atoms with Crippen LogP contribution in [-0.4, -0.2) is 16.5 Å². The third-order valence-electron chi connectivity index (χ3n) is 3.72. The first-order chi connectivity index (χ1) is 10.6. The molecule has 1 aromatic carbocycles. The quantitative estimate of drug-likeness (QED) is 0.783. The number of hydrogen-bond acceptors (Lipinski definition) is 3. The highest BCUT2D eigenvalue weighted by atomic mass is 35.5. The minimum absolute atomic E-state index is 0.667. The largest absolute Gasteiger partial charge is 0.496 e. The smallest absolute Gasteiger partial charge is 0.137 e. The topological polar surface area (TPSA) is 38.6 Å². The van der Waals surface area contributed by atoms with Gasteiger partial charge in [0.15, 0.2) is 0 Å². The van der Waals surface area contributed by atoms with Crippen molar-refractivity contribution >= 4 is 22.9 Å². The molecule has 3 aromatic rings. The molecule has 0 spiro atoms. The molecule has 0 radical (unpaired) electrons. The van der Waals surface area contributed by atoms with Gasteiger partial charge in [-0.2, -0.15) is 0 Å². The van der Waals surface area contributed by atoms with Crippen molar-refractivity contribution in [1.82, 2.24) is 9.38 Å². The molecular weight excluding hydrogens is 298 g/mol. The Morgan fingerprint density at radius 1 is 1.23 bits per heavy atom. The first-order valence-electron chi connectivity index (χ1n) is 7.10. The third-order valence-corrected chi connectivity index (χ3v) is 3.96. The third kappa shape index (κ3) is 2.74. The van der Waals surface area contributed by atoms with Gasteiger partial charge in [0.05, 0.1) is 18.5 Å². The van der Waals surface area contributed by atoms with Gasteiger partial charge < -0.3 is 14.5 Å². The Hall–Kier alpha value is -2.20. The number of anilines is 1. The van der Waals surface area contributed by atoms with Gasteiger partial charge in [0.25, 0.3) is 0 Å². The lowest BCUT2D eigenvalue weighted by Gasteiger charge is -2.13. The van der Waals surface area contributed by atoms with Crippen LogP contribution in [0.5, 0.6) is 5.75 Å². The predicted molar refractivity (Wildman–Crippen MR) is 90.0 cm³/mol. The molecule has 0 atom stereocenters. The van der Waals surface area contributed by atoms with Crippen LogP contribution in [0.4, 0.5) is 5.69 Å². The maximum Gasteiger partial charge on any atom is 0.137 e. The minimum Gasteiger partial charge on any atom is -0.496 e. The van der Waals surface area contributed by atoms with E-state index in [1.807, 2.05) is 37.4 Å². The number of ether oxygens (including phenoxy) is 1. The molecule has 5 heteroatoms. The van der Waals surface area contributed by atoms with Crippen LogP contribution >= 0.6 is 11.6 Å². The molecule has 0 aliphatic rings. The molecule has 3 rings (SSSR count). The molecule has 0 aliphatic heterocycles. The summed E-state index contributed by atoms with van der Waals surface area (Å²) in [7, 11) is 1.65. The number of imidazole rings is 1. The molecule has 1 N–H and O–H groups in total. The Morgan fingerprint density at radius 3 is 2.82 bits per heavy atom. The van der Waals surface area contributed by atoms with Crippen molar-refractivity contribution in [3.05, 3.63) is 58.5 Å². The van der Waals surface area contributed by atoms with E-state index in [-0.39, 0.29) is 0 Å². The number of halogens is 1. The van der Waals surface area contributed by atoms with Crippen molar-refractivity contribution in [3.63, 3.8) is 0 Å². The van der Waals surface area contributed by atoms with Crippen LogP contribution in [0, 0.1) is 13.8 Å². The molecule has 0 bridgehead atoms. The molecule has 0 saturated carbocycles. The molecule has 0 amide bonds. The highest BCUT2D eigenvalue weighted by molar-refractivity contribution is 6.30. The van der Waals surface area contributed by atoms with Crippen LogP contribution < -0.4 is 10.1 Å². The summed E-state index contributed by atoms with van der Waals surface area (Å²) in [4.78, 5) is 4.47. The SMILES string of the molecule is COc1cc(Cl)ccc1CNc1ccc2nc(C)cn2c1C. The second kappa shape index (κ2) is 5.89. The van der Waals surface area contributed by atoms with Crippen LogP contribution in [0.1, 0.15) is 17.0 Å². The molecular formula is C17H18ClN3O. The van der Waals surface area contributed by atoms with Gasteiger partial charge in [-0.3, -0.25) is 0 Å². The molecule has 2 aromatic heterocycles. The van der Waals surface area contributed by atoms with Gasteiger partial charge >= 0.3 is 0 Å². The number of fused-ring (bicyclic) bond motifs is 1. The molecule has 2 heterocycles. The van der Waals surface area contributed by atoms with E-state index in [4.69, 9.17) is 16.3 Å². The Bertz CT molecular complexity index is 826. The number of aromatic nitrogens is 2. The second-order valence-corrected chi connectivity index (χ2v) is 5.69. The standard InChI is InChI=1S/C17H18ClN3O/c1-11-10-21-12(2)15(6-7-17(21)20-11)19-9-13-4-5-14(18)8-16(13)22-3/h4-8,10,19H,9H2,1-3H3.